The topological polar surface area (TPSA) is 66.5 Å². The summed E-state index contributed by atoms with van der Waals surface area (Å²) in [5.41, 5.74) is 0.788. The number of halogens is 2. The Balaban J connectivity index is 1.54. The number of benzene rings is 2. The predicted molar refractivity (Wildman–Crippen MR) is 91.1 cm³/mol. The molecule has 7 heteroatoms. The van der Waals surface area contributed by atoms with Crippen LogP contribution in [0.2, 0.25) is 5.02 Å². The zero-order valence-corrected chi connectivity index (χ0v) is 13.8. The zero-order valence-electron chi connectivity index (χ0n) is 13.1. The van der Waals surface area contributed by atoms with Crippen molar-refractivity contribution in [1.29, 1.82) is 0 Å². The summed E-state index contributed by atoms with van der Waals surface area (Å²) in [7, 11) is 0. The van der Waals surface area contributed by atoms with Crippen LogP contribution in [0.15, 0.2) is 42.5 Å². The van der Waals surface area contributed by atoms with Gasteiger partial charge in [0, 0.05) is 18.0 Å². The van der Waals surface area contributed by atoms with Crippen molar-refractivity contribution in [2.24, 2.45) is 0 Å². The van der Waals surface area contributed by atoms with E-state index in [4.69, 9.17) is 11.6 Å². The van der Waals surface area contributed by atoms with E-state index < -0.39 is 11.7 Å². The van der Waals surface area contributed by atoms with Crippen LogP contribution in [-0.4, -0.2) is 29.2 Å². The highest BCUT2D eigenvalue weighted by molar-refractivity contribution is 6.30. The summed E-state index contributed by atoms with van der Waals surface area (Å²) >= 11 is 5.65. The first-order chi connectivity index (χ1) is 12.0. The Morgan fingerprint density at radius 3 is 2.32 bits per heavy atom. The molecule has 25 heavy (non-hydrogen) atoms. The van der Waals surface area contributed by atoms with E-state index >= 15 is 0 Å². The van der Waals surface area contributed by atoms with E-state index in [-0.39, 0.29) is 41.9 Å². The van der Waals surface area contributed by atoms with Crippen molar-refractivity contribution in [2.75, 3.05) is 11.9 Å². The molecule has 128 valence electrons. The van der Waals surface area contributed by atoms with Crippen LogP contribution < -0.4 is 5.32 Å². The fraction of sp³-hybridized carbons (Fsp3) is 0.167. The highest BCUT2D eigenvalue weighted by Crippen LogP contribution is 2.23. The zero-order chi connectivity index (χ0) is 18.0. The predicted octanol–water partition coefficient (Wildman–Crippen LogP) is 3.49. The maximum Gasteiger partial charge on any atom is 0.261 e. The maximum atomic E-state index is 13.6. The van der Waals surface area contributed by atoms with Crippen molar-refractivity contribution in [1.82, 2.24) is 4.90 Å². The number of amides is 3. The normalized spacial score (nSPS) is 13.1. The van der Waals surface area contributed by atoms with Gasteiger partial charge in [0.2, 0.25) is 5.91 Å². The number of fused-ring (bicyclic) bond motifs is 1. The number of carbonyl (C=O) groups is 3. The van der Waals surface area contributed by atoms with Gasteiger partial charge < -0.3 is 5.32 Å². The van der Waals surface area contributed by atoms with E-state index in [9.17, 15) is 18.8 Å². The third-order valence-electron chi connectivity index (χ3n) is 3.87. The average molecular weight is 361 g/mol. The molecule has 0 radical (unpaired) electrons. The number of carbonyl (C=O) groups excluding carboxylic acids is 3. The van der Waals surface area contributed by atoms with Crippen LogP contribution in [0.5, 0.6) is 0 Å². The van der Waals surface area contributed by atoms with Crippen LogP contribution in [0.3, 0.4) is 0 Å². The first kappa shape index (κ1) is 17.1. The summed E-state index contributed by atoms with van der Waals surface area (Å²) in [4.78, 5) is 37.4. The van der Waals surface area contributed by atoms with Crippen molar-refractivity contribution >= 4 is 35.0 Å². The lowest BCUT2D eigenvalue weighted by molar-refractivity contribution is -0.116. The fourth-order valence-corrected chi connectivity index (χ4v) is 2.80. The van der Waals surface area contributed by atoms with Gasteiger partial charge in [0.15, 0.2) is 0 Å². The van der Waals surface area contributed by atoms with Gasteiger partial charge in [-0.2, -0.15) is 0 Å². The molecule has 0 fully saturated rings. The van der Waals surface area contributed by atoms with Crippen LogP contribution >= 0.6 is 11.6 Å². The fourth-order valence-electron chi connectivity index (χ4n) is 2.64. The lowest BCUT2D eigenvalue weighted by Crippen LogP contribution is -2.31. The van der Waals surface area contributed by atoms with E-state index in [0.717, 1.165) is 11.0 Å². The summed E-state index contributed by atoms with van der Waals surface area (Å²) < 4.78 is 13.6. The summed E-state index contributed by atoms with van der Waals surface area (Å²) in [6, 6.07) is 10.6. The Morgan fingerprint density at radius 2 is 1.72 bits per heavy atom. The highest BCUT2D eigenvalue weighted by Gasteiger charge is 2.34. The summed E-state index contributed by atoms with van der Waals surface area (Å²) in [5.74, 6) is -1.74. The van der Waals surface area contributed by atoms with Gasteiger partial charge in [-0.05, 0) is 36.8 Å². The van der Waals surface area contributed by atoms with Crippen molar-refractivity contribution in [3.8, 4) is 0 Å². The minimum absolute atomic E-state index is 0.0372. The molecule has 1 aliphatic rings. The van der Waals surface area contributed by atoms with Crippen molar-refractivity contribution in [2.45, 2.75) is 12.8 Å². The Hall–Kier alpha value is -2.73. The SMILES string of the molecule is O=C(CCCN1C(=O)c2ccccc2C1=O)Nc1ccc(Cl)cc1F. The maximum absolute atomic E-state index is 13.6. The molecule has 0 aromatic heterocycles. The molecule has 1 N–H and O–H groups in total. The summed E-state index contributed by atoms with van der Waals surface area (Å²) in [6.07, 6.45) is 0.335. The molecule has 1 heterocycles. The van der Waals surface area contributed by atoms with Gasteiger partial charge in [0.25, 0.3) is 11.8 Å². The molecule has 3 amide bonds. The number of rotatable bonds is 5. The van der Waals surface area contributed by atoms with Gasteiger partial charge in [-0.15, -0.1) is 0 Å². The molecule has 3 rings (SSSR count). The molecule has 1 aliphatic heterocycles. The lowest BCUT2D eigenvalue weighted by atomic mass is 10.1. The van der Waals surface area contributed by atoms with Gasteiger partial charge in [-0.3, -0.25) is 19.3 Å². The number of nitrogens with zero attached hydrogens (tertiary/aromatic N) is 1. The number of anilines is 1. The van der Waals surface area contributed by atoms with E-state index in [0.29, 0.717) is 11.1 Å². The van der Waals surface area contributed by atoms with Crippen LogP contribution in [0.1, 0.15) is 33.6 Å². The third-order valence-corrected chi connectivity index (χ3v) is 4.10. The summed E-state index contributed by atoms with van der Waals surface area (Å²) in [6.45, 7) is 0.128. The molecule has 0 spiro atoms. The molecule has 0 aliphatic carbocycles. The van der Waals surface area contributed by atoms with Gasteiger partial charge in [0.05, 0.1) is 16.8 Å². The molecule has 0 atom stereocenters. The standard InChI is InChI=1S/C18H14ClFN2O3/c19-11-7-8-15(14(20)10-11)21-16(23)6-3-9-22-17(24)12-4-1-2-5-13(12)18(22)25/h1-2,4-5,7-8,10H,3,6,9H2,(H,21,23). The molecule has 2 aromatic carbocycles. The van der Waals surface area contributed by atoms with Gasteiger partial charge in [0.1, 0.15) is 5.82 Å². The van der Waals surface area contributed by atoms with Crippen LogP contribution in [0, 0.1) is 5.82 Å². The minimum Gasteiger partial charge on any atom is -0.324 e. The largest absolute Gasteiger partial charge is 0.324 e. The van der Waals surface area contributed by atoms with Crippen molar-refractivity contribution in [3.05, 3.63) is 64.4 Å². The van der Waals surface area contributed by atoms with Gasteiger partial charge in [-0.1, -0.05) is 23.7 Å². The van der Waals surface area contributed by atoms with E-state index in [1.165, 1.54) is 12.1 Å². The second kappa shape index (κ2) is 7.03. The molecule has 2 aromatic rings. The van der Waals surface area contributed by atoms with E-state index in [1.54, 1.807) is 24.3 Å². The van der Waals surface area contributed by atoms with E-state index in [1.807, 2.05) is 0 Å². The second-order valence-electron chi connectivity index (χ2n) is 5.58. The highest BCUT2D eigenvalue weighted by atomic mass is 35.5. The Bertz CT molecular complexity index is 834. The Morgan fingerprint density at radius 1 is 1.08 bits per heavy atom. The monoisotopic (exact) mass is 360 g/mol. The number of nitrogens with one attached hydrogen (secondary N) is 1. The lowest BCUT2D eigenvalue weighted by Gasteiger charge is -2.13. The van der Waals surface area contributed by atoms with Crippen LogP contribution in [-0.2, 0) is 4.79 Å². The summed E-state index contributed by atoms with van der Waals surface area (Å²) in [5, 5.41) is 2.68. The molecule has 0 unspecified atom stereocenters. The minimum atomic E-state index is -0.624. The van der Waals surface area contributed by atoms with Crippen molar-refractivity contribution < 1.29 is 18.8 Å². The van der Waals surface area contributed by atoms with Gasteiger partial charge >= 0.3 is 0 Å². The average Bonchev–Trinajstić information content (AvgIpc) is 2.83. The molecular formula is C18H14ClFN2O3. The molecule has 0 saturated heterocycles. The van der Waals surface area contributed by atoms with Gasteiger partial charge in [-0.25, -0.2) is 4.39 Å². The first-order valence-electron chi connectivity index (χ1n) is 7.67. The molecule has 0 saturated carbocycles. The van der Waals surface area contributed by atoms with Crippen LogP contribution in [0.4, 0.5) is 10.1 Å². The Kier molecular flexibility index (Phi) is 4.81. The molecular weight excluding hydrogens is 347 g/mol. The molecule has 0 bridgehead atoms. The molecule has 5 nitrogen and oxygen atoms in total. The van der Waals surface area contributed by atoms with Crippen molar-refractivity contribution in [3.63, 3.8) is 0 Å². The van der Waals surface area contributed by atoms with Crippen LogP contribution in [0.25, 0.3) is 0 Å². The number of imide groups is 1. The number of hydrogen-bond acceptors (Lipinski definition) is 3. The van der Waals surface area contributed by atoms with E-state index in [2.05, 4.69) is 5.32 Å². The third kappa shape index (κ3) is 3.53. The number of hydrogen-bond donors (Lipinski definition) is 1. The quantitative estimate of drug-likeness (QED) is 0.830. The Labute approximate surface area is 148 Å². The second-order valence-corrected chi connectivity index (χ2v) is 6.02. The first-order valence-corrected chi connectivity index (χ1v) is 8.05. The smallest absolute Gasteiger partial charge is 0.261 e.